The molecular weight excluding hydrogens is 433 g/mol. The van der Waals surface area contributed by atoms with E-state index in [1.807, 2.05) is 0 Å². The Bertz CT molecular complexity index is 1090. The number of nitrogens with zero attached hydrogens (tertiary/aromatic N) is 1. The van der Waals surface area contributed by atoms with Crippen LogP contribution in [0.15, 0.2) is 52.3 Å². The fourth-order valence-electron chi connectivity index (χ4n) is 4.79. The standard InChI is InChI=1S/C31H46NOP/c1-21-19-34(20-22(21)2,25-15-13-24(33-12)14-16-25)32-28-26(30(6,7)8)17-23(29(3,4)5)18-27(28)31(9,10)11/h13-18H,19-20H2,1-12H3. The normalized spacial score (nSPS) is 16.7. The van der Waals surface area contributed by atoms with Crippen LogP contribution in [-0.4, -0.2) is 19.4 Å². The van der Waals surface area contributed by atoms with E-state index in [2.05, 4.69) is 113 Å². The van der Waals surface area contributed by atoms with Crippen molar-refractivity contribution in [3.63, 3.8) is 0 Å². The van der Waals surface area contributed by atoms with E-state index < -0.39 is 7.05 Å². The van der Waals surface area contributed by atoms with Gasteiger partial charge in [-0.05, 0) is 76.4 Å². The smallest absolute Gasteiger partial charge is 0.118 e. The van der Waals surface area contributed by atoms with Gasteiger partial charge in [0.15, 0.2) is 0 Å². The van der Waals surface area contributed by atoms with E-state index in [0.717, 1.165) is 18.1 Å². The summed E-state index contributed by atoms with van der Waals surface area (Å²) in [6, 6.07) is 13.6. The fraction of sp³-hybridized carbons (Fsp3) is 0.548. The Hall–Kier alpha value is -1.79. The Morgan fingerprint density at radius 3 is 1.50 bits per heavy atom. The summed E-state index contributed by atoms with van der Waals surface area (Å²) in [5.74, 6) is 0.905. The number of allylic oxidation sites excluding steroid dienone is 2. The van der Waals surface area contributed by atoms with Crippen LogP contribution in [0.25, 0.3) is 0 Å². The molecule has 1 heterocycles. The van der Waals surface area contributed by atoms with Gasteiger partial charge in [0.2, 0.25) is 0 Å². The lowest BCUT2D eigenvalue weighted by molar-refractivity contribution is 0.415. The van der Waals surface area contributed by atoms with Crippen LogP contribution >= 0.6 is 7.05 Å². The highest BCUT2D eigenvalue weighted by Gasteiger charge is 2.34. The Morgan fingerprint density at radius 1 is 0.706 bits per heavy atom. The van der Waals surface area contributed by atoms with Crippen LogP contribution in [0.4, 0.5) is 5.69 Å². The molecule has 3 heteroatoms. The summed E-state index contributed by atoms with van der Waals surface area (Å²) in [6.07, 6.45) is 2.14. The minimum Gasteiger partial charge on any atom is -0.497 e. The van der Waals surface area contributed by atoms with Gasteiger partial charge in [-0.25, -0.2) is 0 Å². The molecule has 0 spiro atoms. The van der Waals surface area contributed by atoms with Crippen LogP contribution in [-0.2, 0) is 16.2 Å². The molecule has 3 rings (SSSR count). The van der Waals surface area contributed by atoms with Gasteiger partial charge in [0.1, 0.15) is 5.75 Å². The molecule has 0 N–H and O–H groups in total. The lowest BCUT2D eigenvalue weighted by atomic mass is 9.74. The number of hydrogen-bond donors (Lipinski definition) is 0. The number of rotatable bonds is 3. The van der Waals surface area contributed by atoms with Crippen LogP contribution in [0.1, 0.15) is 92.9 Å². The van der Waals surface area contributed by atoms with Gasteiger partial charge in [0, 0.05) is 19.4 Å². The minimum atomic E-state index is -1.82. The molecule has 0 fully saturated rings. The van der Waals surface area contributed by atoms with Crippen molar-refractivity contribution in [2.24, 2.45) is 4.74 Å². The van der Waals surface area contributed by atoms with E-state index in [4.69, 9.17) is 9.48 Å². The molecule has 0 saturated carbocycles. The summed E-state index contributed by atoms with van der Waals surface area (Å²) < 4.78 is 11.4. The Balaban J connectivity index is 2.44. The summed E-state index contributed by atoms with van der Waals surface area (Å²) in [5.41, 5.74) is 8.49. The molecular formula is C31H46NOP. The molecule has 0 aromatic heterocycles. The van der Waals surface area contributed by atoms with Crippen LogP contribution in [0, 0.1) is 0 Å². The van der Waals surface area contributed by atoms with Gasteiger partial charge in [-0.1, -0.05) is 85.6 Å². The molecule has 2 aromatic rings. The first-order chi connectivity index (χ1) is 15.5. The average Bonchev–Trinajstić information content (AvgIpc) is 2.99. The fourth-order valence-corrected chi connectivity index (χ4v) is 8.94. The SMILES string of the molecule is COc1ccc(P2(=Nc3c(C(C)(C)C)cc(C(C)(C)C)cc3C(C)(C)C)CC(C)=C(C)C2)cc1. The van der Waals surface area contributed by atoms with Gasteiger partial charge in [0.25, 0.3) is 0 Å². The maximum absolute atomic E-state index is 5.90. The molecule has 0 amide bonds. The molecule has 0 unspecified atom stereocenters. The van der Waals surface area contributed by atoms with E-state index in [1.165, 1.54) is 38.8 Å². The lowest BCUT2D eigenvalue weighted by Gasteiger charge is -2.33. The zero-order chi connectivity index (χ0) is 25.7. The van der Waals surface area contributed by atoms with Crippen molar-refractivity contribution in [1.82, 2.24) is 0 Å². The van der Waals surface area contributed by atoms with Gasteiger partial charge >= 0.3 is 0 Å². The van der Waals surface area contributed by atoms with Gasteiger partial charge in [0.05, 0.1) is 12.8 Å². The Morgan fingerprint density at radius 2 is 1.15 bits per heavy atom. The Labute approximate surface area is 209 Å². The highest BCUT2D eigenvalue weighted by atomic mass is 31.2. The number of methoxy groups -OCH3 is 1. The first kappa shape index (κ1) is 26.8. The summed E-state index contributed by atoms with van der Waals surface area (Å²) in [5, 5.41) is 1.38. The van der Waals surface area contributed by atoms with E-state index in [-0.39, 0.29) is 16.2 Å². The third kappa shape index (κ3) is 5.38. The van der Waals surface area contributed by atoms with Crippen LogP contribution < -0.4 is 10.0 Å². The van der Waals surface area contributed by atoms with Crippen LogP contribution in [0.2, 0.25) is 0 Å². The molecule has 1 aliphatic rings. The third-order valence-corrected chi connectivity index (χ3v) is 11.0. The van der Waals surface area contributed by atoms with Crippen LogP contribution in [0.5, 0.6) is 5.75 Å². The summed E-state index contributed by atoms with van der Waals surface area (Å²) in [7, 11) is -0.0833. The molecule has 2 aromatic carbocycles. The molecule has 0 radical (unpaired) electrons. The third-order valence-electron chi connectivity index (χ3n) is 7.16. The molecule has 0 atom stereocenters. The van der Waals surface area contributed by atoms with Crippen molar-refractivity contribution >= 4 is 18.0 Å². The predicted molar refractivity (Wildman–Crippen MR) is 152 cm³/mol. The second kappa shape index (κ2) is 9.02. The highest BCUT2D eigenvalue weighted by molar-refractivity contribution is 7.74. The van der Waals surface area contributed by atoms with E-state index in [9.17, 15) is 0 Å². The maximum atomic E-state index is 5.90. The van der Waals surface area contributed by atoms with E-state index >= 15 is 0 Å². The quantitative estimate of drug-likeness (QED) is 0.318. The average molecular weight is 480 g/mol. The van der Waals surface area contributed by atoms with Crippen molar-refractivity contribution in [1.29, 1.82) is 0 Å². The Kier molecular flexibility index (Phi) is 7.11. The molecule has 186 valence electrons. The van der Waals surface area contributed by atoms with Crippen molar-refractivity contribution in [3.8, 4) is 5.75 Å². The van der Waals surface area contributed by atoms with Gasteiger partial charge in [-0.2, -0.15) is 0 Å². The monoisotopic (exact) mass is 479 g/mol. The molecule has 0 bridgehead atoms. The first-order valence-corrected chi connectivity index (χ1v) is 14.7. The second-order valence-corrected chi connectivity index (χ2v) is 16.5. The first-order valence-electron chi connectivity index (χ1n) is 12.6. The summed E-state index contributed by atoms with van der Waals surface area (Å²) in [6.45, 7) is 25.6. The van der Waals surface area contributed by atoms with Crippen molar-refractivity contribution in [2.75, 3.05) is 19.4 Å². The molecule has 34 heavy (non-hydrogen) atoms. The zero-order valence-electron chi connectivity index (χ0n) is 23.7. The molecule has 1 aliphatic heterocycles. The number of ether oxygens (including phenoxy) is 1. The van der Waals surface area contributed by atoms with Gasteiger partial charge < -0.3 is 4.74 Å². The summed E-state index contributed by atoms with van der Waals surface area (Å²) in [4.78, 5) is 0. The largest absolute Gasteiger partial charge is 0.497 e. The van der Waals surface area contributed by atoms with Crippen LogP contribution in [0.3, 0.4) is 0 Å². The maximum Gasteiger partial charge on any atom is 0.118 e. The second-order valence-electron chi connectivity index (χ2n) is 13.3. The topological polar surface area (TPSA) is 21.6 Å². The molecule has 0 aliphatic carbocycles. The van der Waals surface area contributed by atoms with Gasteiger partial charge in [-0.15, -0.1) is 0 Å². The van der Waals surface area contributed by atoms with E-state index in [1.54, 1.807) is 7.11 Å². The lowest BCUT2D eigenvalue weighted by Crippen LogP contribution is -2.21. The van der Waals surface area contributed by atoms with Crippen molar-refractivity contribution < 1.29 is 4.74 Å². The molecule has 2 nitrogen and oxygen atoms in total. The van der Waals surface area contributed by atoms with Gasteiger partial charge in [-0.3, -0.25) is 4.74 Å². The highest BCUT2D eigenvalue weighted by Crippen LogP contribution is 2.60. The number of hydrogen-bond acceptors (Lipinski definition) is 2. The molecule has 0 saturated heterocycles. The minimum absolute atomic E-state index is 0.00122. The predicted octanol–water partition coefficient (Wildman–Crippen LogP) is 9.10. The van der Waals surface area contributed by atoms with Crippen molar-refractivity contribution in [3.05, 3.63) is 64.2 Å². The number of benzene rings is 2. The zero-order valence-corrected chi connectivity index (χ0v) is 24.6. The van der Waals surface area contributed by atoms with Crippen molar-refractivity contribution in [2.45, 2.75) is 92.4 Å². The summed E-state index contributed by atoms with van der Waals surface area (Å²) >= 11 is 0. The van der Waals surface area contributed by atoms with E-state index in [0.29, 0.717) is 0 Å².